The number of nitrogens with one attached hydrogen (secondary N) is 1. The van der Waals surface area contributed by atoms with Gasteiger partial charge in [0.05, 0.1) is 4.92 Å². The molecule has 0 aromatic heterocycles. The largest absolute Gasteiger partial charge is 0.313 e. The lowest BCUT2D eigenvalue weighted by molar-refractivity contribution is -0.385. The zero-order chi connectivity index (χ0) is 13.7. The van der Waals surface area contributed by atoms with Crippen molar-refractivity contribution in [1.82, 2.24) is 5.32 Å². The third kappa shape index (κ3) is 3.77. The third-order valence-corrected chi connectivity index (χ3v) is 4.10. The van der Waals surface area contributed by atoms with Crippen molar-refractivity contribution in [1.29, 1.82) is 0 Å². The molecule has 1 aromatic carbocycles. The Morgan fingerprint density at radius 3 is 2.79 bits per heavy atom. The summed E-state index contributed by atoms with van der Waals surface area (Å²) < 4.78 is 0. The van der Waals surface area contributed by atoms with Crippen LogP contribution in [0.25, 0.3) is 0 Å². The number of benzene rings is 1. The highest BCUT2D eigenvalue weighted by molar-refractivity contribution is 5.39. The van der Waals surface area contributed by atoms with E-state index in [4.69, 9.17) is 0 Å². The van der Waals surface area contributed by atoms with E-state index in [-0.39, 0.29) is 10.6 Å². The Labute approximate surface area is 114 Å². The summed E-state index contributed by atoms with van der Waals surface area (Å²) in [5.74, 6) is 0.722. The highest BCUT2D eigenvalue weighted by atomic mass is 16.6. The molecule has 0 heterocycles. The van der Waals surface area contributed by atoms with Gasteiger partial charge < -0.3 is 5.32 Å². The fraction of sp³-hybridized carbons (Fsp3) is 0.600. The molecule has 0 amide bonds. The van der Waals surface area contributed by atoms with E-state index in [1.165, 1.54) is 25.7 Å². The van der Waals surface area contributed by atoms with Crippen molar-refractivity contribution in [2.24, 2.45) is 5.92 Å². The molecule has 1 fully saturated rings. The summed E-state index contributed by atoms with van der Waals surface area (Å²) in [6.45, 7) is 3.11. The molecule has 104 valence electrons. The first-order chi connectivity index (χ1) is 9.18. The molecule has 1 aromatic rings. The summed E-state index contributed by atoms with van der Waals surface area (Å²) in [7, 11) is 0. The monoisotopic (exact) mass is 262 g/mol. The summed E-state index contributed by atoms with van der Waals surface area (Å²) >= 11 is 0. The van der Waals surface area contributed by atoms with E-state index in [2.05, 4.69) is 12.2 Å². The zero-order valence-electron chi connectivity index (χ0n) is 11.5. The third-order valence-electron chi connectivity index (χ3n) is 4.10. The van der Waals surface area contributed by atoms with Crippen molar-refractivity contribution in [2.75, 3.05) is 6.54 Å². The van der Waals surface area contributed by atoms with Crippen molar-refractivity contribution < 1.29 is 4.92 Å². The van der Waals surface area contributed by atoms with Crippen LogP contribution in [-0.2, 0) is 6.42 Å². The lowest BCUT2D eigenvalue weighted by Crippen LogP contribution is -2.38. The highest BCUT2D eigenvalue weighted by Gasteiger charge is 2.20. The molecule has 0 spiro atoms. The van der Waals surface area contributed by atoms with Gasteiger partial charge in [-0.3, -0.25) is 10.1 Å². The van der Waals surface area contributed by atoms with E-state index < -0.39 is 0 Å². The lowest BCUT2D eigenvalue weighted by Gasteiger charge is -2.29. The molecule has 19 heavy (non-hydrogen) atoms. The average molecular weight is 262 g/mol. The van der Waals surface area contributed by atoms with Crippen molar-refractivity contribution >= 4 is 5.69 Å². The summed E-state index contributed by atoms with van der Waals surface area (Å²) in [5, 5.41) is 14.5. The molecule has 1 aliphatic rings. The van der Waals surface area contributed by atoms with Gasteiger partial charge in [0.15, 0.2) is 0 Å². The first-order valence-electron chi connectivity index (χ1n) is 7.14. The number of nitro groups is 1. The number of hydrogen-bond donors (Lipinski definition) is 1. The Morgan fingerprint density at radius 1 is 1.32 bits per heavy atom. The van der Waals surface area contributed by atoms with Crippen LogP contribution in [0, 0.1) is 16.0 Å². The Bertz CT molecular complexity index is 434. The van der Waals surface area contributed by atoms with Gasteiger partial charge in [0, 0.05) is 17.7 Å². The Morgan fingerprint density at radius 2 is 2.05 bits per heavy atom. The van der Waals surface area contributed by atoms with Crippen LogP contribution in [-0.4, -0.2) is 17.5 Å². The average Bonchev–Trinajstić information content (AvgIpc) is 2.41. The molecule has 4 heteroatoms. The first kappa shape index (κ1) is 14.0. The van der Waals surface area contributed by atoms with Gasteiger partial charge in [-0.1, -0.05) is 38.0 Å². The standard InChI is InChI=1S/C15H22N2O2/c1-12-6-2-4-8-14(12)16-11-10-13-7-3-5-9-15(13)17(18)19/h3,5,7,9,12,14,16H,2,4,6,8,10-11H2,1H3. The van der Waals surface area contributed by atoms with Crippen molar-refractivity contribution in [2.45, 2.75) is 45.1 Å². The van der Waals surface area contributed by atoms with E-state index in [1.54, 1.807) is 12.1 Å². The SMILES string of the molecule is CC1CCCCC1NCCc1ccccc1[N+](=O)[O-]. The number of hydrogen-bond acceptors (Lipinski definition) is 3. The van der Waals surface area contributed by atoms with Gasteiger partial charge in [0.1, 0.15) is 0 Å². The van der Waals surface area contributed by atoms with Gasteiger partial charge in [-0.25, -0.2) is 0 Å². The second-order valence-corrected chi connectivity index (χ2v) is 5.46. The molecule has 1 aliphatic carbocycles. The molecule has 0 bridgehead atoms. The van der Waals surface area contributed by atoms with Crippen LogP contribution in [0.2, 0.25) is 0 Å². The van der Waals surface area contributed by atoms with Crippen LogP contribution >= 0.6 is 0 Å². The van der Waals surface area contributed by atoms with E-state index in [0.717, 1.165) is 24.4 Å². The smallest absolute Gasteiger partial charge is 0.272 e. The maximum atomic E-state index is 10.9. The van der Waals surface area contributed by atoms with Crippen molar-refractivity contribution in [3.8, 4) is 0 Å². The Kier molecular flexibility index (Phi) is 4.91. The molecular weight excluding hydrogens is 240 g/mol. The van der Waals surface area contributed by atoms with Crippen molar-refractivity contribution in [3.05, 3.63) is 39.9 Å². The molecule has 2 unspecified atom stereocenters. The van der Waals surface area contributed by atoms with E-state index in [0.29, 0.717) is 6.04 Å². The first-order valence-corrected chi connectivity index (χ1v) is 7.14. The van der Waals surface area contributed by atoms with Gasteiger partial charge in [-0.2, -0.15) is 0 Å². The van der Waals surface area contributed by atoms with Gasteiger partial charge in [-0.05, 0) is 31.7 Å². The number of para-hydroxylation sites is 1. The lowest BCUT2D eigenvalue weighted by atomic mass is 9.86. The summed E-state index contributed by atoms with van der Waals surface area (Å²) in [6, 6.07) is 7.60. The molecule has 0 radical (unpaired) electrons. The fourth-order valence-electron chi connectivity index (χ4n) is 2.91. The Hall–Kier alpha value is -1.42. The number of nitrogens with zero attached hydrogens (tertiary/aromatic N) is 1. The second kappa shape index (κ2) is 6.66. The molecule has 2 atom stereocenters. The molecular formula is C15H22N2O2. The molecule has 1 N–H and O–H groups in total. The van der Waals surface area contributed by atoms with Gasteiger partial charge >= 0.3 is 0 Å². The number of rotatable bonds is 5. The summed E-state index contributed by atoms with van der Waals surface area (Å²) in [6.07, 6.45) is 5.89. The zero-order valence-corrected chi connectivity index (χ0v) is 11.5. The minimum absolute atomic E-state index is 0.237. The topological polar surface area (TPSA) is 55.2 Å². The maximum Gasteiger partial charge on any atom is 0.272 e. The van der Waals surface area contributed by atoms with Crippen LogP contribution < -0.4 is 5.32 Å². The Balaban J connectivity index is 1.87. The van der Waals surface area contributed by atoms with Crippen LogP contribution in [0.15, 0.2) is 24.3 Å². The quantitative estimate of drug-likeness (QED) is 0.654. The predicted molar refractivity (Wildman–Crippen MR) is 76.2 cm³/mol. The molecule has 4 nitrogen and oxygen atoms in total. The van der Waals surface area contributed by atoms with Crippen LogP contribution in [0.5, 0.6) is 0 Å². The van der Waals surface area contributed by atoms with Gasteiger partial charge in [0.25, 0.3) is 5.69 Å². The number of nitro benzene ring substituents is 1. The van der Waals surface area contributed by atoms with E-state index in [9.17, 15) is 10.1 Å². The highest BCUT2D eigenvalue weighted by Crippen LogP contribution is 2.24. The van der Waals surface area contributed by atoms with Gasteiger partial charge in [-0.15, -0.1) is 0 Å². The normalized spacial score (nSPS) is 23.2. The van der Waals surface area contributed by atoms with Crippen LogP contribution in [0.4, 0.5) is 5.69 Å². The van der Waals surface area contributed by atoms with E-state index >= 15 is 0 Å². The van der Waals surface area contributed by atoms with Crippen LogP contribution in [0.1, 0.15) is 38.2 Å². The van der Waals surface area contributed by atoms with Gasteiger partial charge in [0.2, 0.25) is 0 Å². The fourth-order valence-corrected chi connectivity index (χ4v) is 2.91. The summed E-state index contributed by atoms with van der Waals surface area (Å²) in [5.41, 5.74) is 1.06. The minimum Gasteiger partial charge on any atom is -0.313 e. The summed E-state index contributed by atoms with van der Waals surface area (Å²) in [4.78, 5) is 10.6. The molecule has 0 aliphatic heterocycles. The molecule has 2 rings (SSSR count). The van der Waals surface area contributed by atoms with Crippen molar-refractivity contribution in [3.63, 3.8) is 0 Å². The second-order valence-electron chi connectivity index (χ2n) is 5.46. The maximum absolute atomic E-state index is 10.9. The van der Waals surface area contributed by atoms with Crippen LogP contribution in [0.3, 0.4) is 0 Å². The predicted octanol–water partition coefficient (Wildman–Crippen LogP) is 3.31. The molecule has 1 saturated carbocycles. The minimum atomic E-state index is -0.293. The van der Waals surface area contributed by atoms with E-state index in [1.807, 2.05) is 12.1 Å². The molecule has 0 saturated heterocycles.